The molecule has 0 saturated heterocycles. The van der Waals surface area contributed by atoms with Gasteiger partial charge in [-0.15, -0.1) is 11.3 Å². The Morgan fingerprint density at radius 1 is 1.10 bits per heavy atom. The molecule has 2 aromatic carbocycles. The molecule has 3 rings (SSSR count). The van der Waals surface area contributed by atoms with E-state index >= 15 is 0 Å². The number of rotatable bonds is 4. The van der Waals surface area contributed by atoms with Crippen molar-refractivity contribution in [1.82, 2.24) is 4.98 Å². The second kappa shape index (κ2) is 6.08. The summed E-state index contributed by atoms with van der Waals surface area (Å²) in [4.78, 5) is 4.57. The van der Waals surface area contributed by atoms with Crippen molar-refractivity contribution in [1.29, 1.82) is 0 Å². The molecule has 1 aromatic heterocycles. The third-order valence-corrected chi connectivity index (χ3v) is 5.32. The van der Waals surface area contributed by atoms with Gasteiger partial charge in [-0.3, -0.25) is 0 Å². The van der Waals surface area contributed by atoms with Crippen LogP contribution in [-0.4, -0.2) is 11.2 Å². The molecule has 0 aliphatic rings. The molecule has 1 N–H and O–H groups in total. The van der Waals surface area contributed by atoms with Crippen LogP contribution in [0.5, 0.6) is 0 Å². The summed E-state index contributed by atoms with van der Waals surface area (Å²) in [5.41, 5.74) is 6.18. The van der Waals surface area contributed by atoms with Crippen LogP contribution in [0, 0.1) is 13.8 Å². The number of thioether (sulfide) groups is 1. The first-order valence-corrected chi connectivity index (χ1v) is 8.94. The lowest BCUT2D eigenvalue weighted by Crippen LogP contribution is -1.99. The monoisotopic (exact) mass is 314 g/mol. The Balaban J connectivity index is 1.78. The van der Waals surface area contributed by atoms with Crippen LogP contribution in [0.25, 0.3) is 10.2 Å². The molecule has 0 atom stereocenters. The first kappa shape index (κ1) is 14.4. The van der Waals surface area contributed by atoms with E-state index < -0.39 is 0 Å². The SMILES string of the molecule is CSc1nc2ccc(NCc3cc(C)cc(C)c3)cc2s1. The number of aryl methyl sites for hydroxylation is 2. The zero-order valence-corrected chi connectivity index (χ0v) is 14.1. The van der Waals surface area contributed by atoms with Crippen LogP contribution in [0.1, 0.15) is 16.7 Å². The molecule has 108 valence electrons. The molecular formula is C17H18N2S2. The molecule has 2 nitrogen and oxygen atoms in total. The van der Waals surface area contributed by atoms with E-state index in [1.807, 2.05) is 0 Å². The highest BCUT2D eigenvalue weighted by molar-refractivity contribution is 8.00. The summed E-state index contributed by atoms with van der Waals surface area (Å²) in [6.45, 7) is 5.13. The number of aromatic nitrogens is 1. The Kier molecular flexibility index (Phi) is 4.17. The summed E-state index contributed by atoms with van der Waals surface area (Å²) >= 11 is 3.45. The lowest BCUT2D eigenvalue weighted by Gasteiger charge is -2.08. The van der Waals surface area contributed by atoms with Gasteiger partial charge in [0.25, 0.3) is 0 Å². The molecule has 0 radical (unpaired) electrons. The van der Waals surface area contributed by atoms with Crippen LogP contribution in [0.15, 0.2) is 40.7 Å². The average molecular weight is 314 g/mol. The Bertz CT molecular complexity index is 757. The second-order valence-electron chi connectivity index (χ2n) is 5.22. The first-order chi connectivity index (χ1) is 10.1. The summed E-state index contributed by atoms with van der Waals surface area (Å²) in [7, 11) is 0. The van der Waals surface area contributed by atoms with E-state index in [0.29, 0.717) is 0 Å². The van der Waals surface area contributed by atoms with E-state index in [2.05, 4.69) is 66.8 Å². The number of nitrogens with one attached hydrogen (secondary N) is 1. The molecule has 0 unspecified atom stereocenters. The van der Waals surface area contributed by atoms with E-state index in [4.69, 9.17) is 0 Å². The smallest absolute Gasteiger partial charge is 0.150 e. The standard InChI is InChI=1S/C17H18N2S2/c1-11-6-12(2)8-13(7-11)10-18-14-4-5-15-16(9-14)21-17(19-15)20-3/h4-9,18H,10H2,1-3H3. The minimum atomic E-state index is 0.849. The van der Waals surface area contributed by atoms with Gasteiger partial charge >= 0.3 is 0 Å². The Hall–Kier alpha value is -1.52. The number of thiazole rings is 1. The van der Waals surface area contributed by atoms with Crippen molar-refractivity contribution in [3.63, 3.8) is 0 Å². The van der Waals surface area contributed by atoms with Crippen molar-refractivity contribution in [2.24, 2.45) is 0 Å². The number of nitrogens with zero attached hydrogens (tertiary/aromatic N) is 1. The number of benzene rings is 2. The highest BCUT2D eigenvalue weighted by Gasteiger charge is 2.04. The van der Waals surface area contributed by atoms with E-state index in [9.17, 15) is 0 Å². The highest BCUT2D eigenvalue weighted by Crippen LogP contribution is 2.30. The summed E-state index contributed by atoms with van der Waals surface area (Å²) < 4.78 is 2.36. The van der Waals surface area contributed by atoms with Crippen molar-refractivity contribution in [2.45, 2.75) is 24.7 Å². The van der Waals surface area contributed by atoms with Crippen molar-refractivity contribution in [3.05, 3.63) is 53.1 Å². The van der Waals surface area contributed by atoms with Crippen molar-refractivity contribution in [2.75, 3.05) is 11.6 Å². The van der Waals surface area contributed by atoms with Crippen LogP contribution in [0.4, 0.5) is 5.69 Å². The van der Waals surface area contributed by atoms with Gasteiger partial charge in [-0.05, 0) is 43.9 Å². The largest absolute Gasteiger partial charge is 0.381 e. The van der Waals surface area contributed by atoms with Crippen LogP contribution < -0.4 is 5.32 Å². The van der Waals surface area contributed by atoms with Crippen LogP contribution >= 0.6 is 23.1 Å². The molecule has 0 aliphatic carbocycles. The van der Waals surface area contributed by atoms with Crippen molar-refractivity contribution >= 4 is 39.0 Å². The summed E-state index contributed by atoms with van der Waals surface area (Å²) in [5, 5.41) is 3.51. The van der Waals surface area contributed by atoms with Crippen LogP contribution in [-0.2, 0) is 6.54 Å². The Morgan fingerprint density at radius 3 is 2.57 bits per heavy atom. The van der Waals surface area contributed by atoms with E-state index in [-0.39, 0.29) is 0 Å². The molecule has 0 saturated carbocycles. The maximum atomic E-state index is 4.57. The zero-order valence-electron chi connectivity index (χ0n) is 12.4. The molecule has 0 fully saturated rings. The summed E-state index contributed by atoms with van der Waals surface area (Å²) in [5.74, 6) is 0. The summed E-state index contributed by atoms with van der Waals surface area (Å²) in [6, 6.07) is 13.1. The van der Waals surface area contributed by atoms with E-state index in [1.165, 1.54) is 21.4 Å². The van der Waals surface area contributed by atoms with Gasteiger partial charge in [-0.2, -0.15) is 0 Å². The van der Waals surface area contributed by atoms with Crippen molar-refractivity contribution in [3.8, 4) is 0 Å². The number of hydrogen-bond donors (Lipinski definition) is 1. The van der Waals surface area contributed by atoms with Gasteiger partial charge in [-0.1, -0.05) is 41.1 Å². The van der Waals surface area contributed by atoms with Crippen molar-refractivity contribution < 1.29 is 0 Å². The molecule has 4 heteroatoms. The van der Waals surface area contributed by atoms with Crippen LogP contribution in [0.2, 0.25) is 0 Å². The predicted molar refractivity (Wildman–Crippen MR) is 94.6 cm³/mol. The third kappa shape index (κ3) is 3.39. The third-order valence-electron chi connectivity index (χ3n) is 3.32. The first-order valence-electron chi connectivity index (χ1n) is 6.90. The molecule has 0 spiro atoms. The maximum absolute atomic E-state index is 4.57. The highest BCUT2D eigenvalue weighted by atomic mass is 32.2. The molecule has 1 heterocycles. The summed E-state index contributed by atoms with van der Waals surface area (Å²) in [6.07, 6.45) is 2.07. The fraction of sp³-hybridized carbons (Fsp3) is 0.235. The lowest BCUT2D eigenvalue weighted by molar-refractivity contribution is 1.13. The van der Waals surface area contributed by atoms with Crippen LogP contribution in [0.3, 0.4) is 0 Å². The number of hydrogen-bond acceptors (Lipinski definition) is 4. The van der Waals surface area contributed by atoms with Gasteiger partial charge in [0.1, 0.15) is 0 Å². The number of anilines is 1. The minimum absolute atomic E-state index is 0.849. The van der Waals surface area contributed by atoms with Gasteiger partial charge < -0.3 is 5.32 Å². The average Bonchev–Trinajstić information content (AvgIpc) is 2.86. The quantitative estimate of drug-likeness (QED) is 0.666. The fourth-order valence-corrected chi connectivity index (χ4v) is 4.00. The van der Waals surface area contributed by atoms with Gasteiger partial charge in [0.2, 0.25) is 0 Å². The Morgan fingerprint density at radius 2 is 1.86 bits per heavy atom. The van der Waals surface area contributed by atoms with Gasteiger partial charge in [0.15, 0.2) is 4.34 Å². The molecule has 21 heavy (non-hydrogen) atoms. The Labute approximate surface area is 133 Å². The predicted octanol–water partition coefficient (Wildman–Crippen LogP) is 5.25. The molecule has 0 bridgehead atoms. The van der Waals surface area contributed by atoms with Gasteiger partial charge in [0, 0.05) is 12.2 Å². The topological polar surface area (TPSA) is 24.9 Å². The lowest BCUT2D eigenvalue weighted by atomic mass is 10.1. The number of fused-ring (bicyclic) bond motifs is 1. The zero-order chi connectivity index (χ0) is 14.8. The normalized spacial score (nSPS) is 11.0. The molecule has 3 aromatic rings. The van der Waals surface area contributed by atoms with E-state index in [1.54, 1.807) is 23.1 Å². The molecular weight excluding hydrogens is 296 g/mol. The van der Waals surface area contributed by atoms with Gasteiger partial charge in [-0.25, -0.2) is 4.98 Å². The van der Waals surface area contributed by atoms with Gasteiger partial charge in [0.05, 0.1) is 10.2 Å². The van der Waals surface area contributed by atoms with E-state index in [0.717, 1.165) is 22.1 Å². The minimum Gasteiger partial charge on any atom is -0.381 e. The molecule has 0 amide bonds. The second-order valence-corrected chi connectivity index (χ2v) is 7.30. The maximum Gasteiger partial charge on any atom is 0.150 e. The fourth-order valence-electron chi connectivity index (χ4n) is 2.48. The molecule has 0 aliphatic heterocycles.